The first-order valence-electron chi connectivity index (χ1n) is 12.3. The lowest BCUT2D eigenvalue weighted by Gasteiger charge is -2.32. The number of benzene rings is 2. The highest BCUT2D eigenvalue weighted by molar-refractivity contribution is 5.40. The van der Waals surface area contributed by atoms with Gasteiger partial charge in [0.25, 0.3) is 0 Å². The molecule has 1 aliphatic heterocycles. The summed E-state index contributed by atoms with van der Waals surface area (Å²) in [5.41, 5.74) is 3.77. The predicted molar refractivity (Wildman–Crippen MR) is 131 cm³/mol. The molecular weight excluding hydrogens is 396 g/mol. The van der Waals surface area contributed by atoms with Crippen LogP contribution in [0.3, 0.4) is 0 Å². The van der Waals surface area contributed by atoms with Crippen LogP contribution >= 0.6 is 0 Å². The van der Waals surface area contributed by atoms with Gasteiger partial charge in [-0.25, -0.2) is 0 Å². The van der Waals surface area contributed by atoms with Gasteiger partial charge in [0.15, 0.2) is 0 Å². The molecule has 0 radical (unpaired) electrons. The first kappa shape index (κ1) is 23.3. The minimum Gasteiger partial charge on any atom is -0.489 e. The van der Waals surface area contributed by atoms with Crippen molar-refractivity contribution >= 4 is 0 Å². The summed E-state index contributed by atoms with van der Waals surface area (Å²) in [6.45, 7) is 10.4. The van der Waals surface area contributed by atoms with Crippen LogP contribution in [-0.4, -0.2) is 53.2 Å². The normalized spacial score (nSPS) is 24.4. The summed E-state index contributed by atoms with van der Waals surface area (Å²) in [5, 5.41) is 11.1. The average Bonchev–Trinajstić information content (AvgIpc) is 3.42. The van der Waals surface area contributed by atoms with Gasteiger partial charge in [-0.3, -0.25) is 9.80 Å². The molecule has 174 valence electrons. The van der Waals surface area contributed by atoms with E-state index in [1.54, 1.807) is 0 Å². The topological polar surface area (TPSA) is 35.9 Å². The largest absolute Gasteiger partial charge is 0.489 e. The van der Waals surface area contributed by atoms with Crippen molar-refractivity contribution in [3.8, 4) is 5.75 Å². The lowest BCUT2D eigenvalue weighted by atomic mass is 9.86. The SMILES string of the molecule is CN(Cc1cc(C(C)(C)C)ccc1OCc1ccccc1)[C@@H]1CC[C@@H](N2CCCC2)[C@@H]1O. The van der Waals surface area contributed by atoms with Crippen molar-refractivity contribution in [1.82, 2.24) is 9.80 Å². The summed E-state index contributed by atoms with van der Waals surface area (Å²) in [6, 6.07) is 17.5. The standard InChI is InChI=1S/C28H40N2O2/c1-28(2,3)23-12-15-26(32-20-21-10-6-5-7-11-21)22(18-23)19-29(4)24-13-14-25(27(24)31)30-16-8-9-17-30/h5-7,10-12,15,18,24-25,27,31H,8-9,13-14,16-17,19-20H2,1-4H3/t24-,25-,27-/m1/s1. The number of likely N-dealkylation sites (N-methyl/N-ethyl adjacent to an activating group) is 1. The number of ether oxygens (including phenoxy) is 1. The summed E-state index contributed by atoms with van der Waals surface area (Å²) in [7, 11) is 2.16. The molecule has 0 aromatic heterocycles. The summed E-state index contributed by atoms with van der Waals surface area (Å²) in [6.07, 6.45) is 4.40. The van der Waals surface area contributed by atoms with Gasteiger partial charge < -0.3 is 9.84 Å². The molecule has 32 heavy (non-hydrogen) atoms. The highest BCUT2D eigenvalue weighted by Gasteiger charge is 2.40. The van der Waals surface area contributed by atoms with Crippen molar-refractivity contribution in [2.75, 3.05) is 20.1 Å². The second kappa shape index (κ2) is 9.94. The number of hydrogen-bond donors (Lipinski definition) is 1. The highest BCUT2D eigenvalue weighted by atomic mass is 16.5. The van der Waals surface area contributed by atoms with Crippen LogP contribution in [0.1, 0.15) is 63.1 Å². The lowest BCUT2D eigenvalue weighted by molar-refractivity contribution is 0.0317. The number of nitrogens with zero attached hydrogens (tertiary/aromatic N) is 2. The summed E-state index contributed by atoms with van der Waals surface area (Å²) in [4.78, 5) is 4.85. The van der Waals surface area contributed by atoms with E-state index in [2.05, 4.69) is 68.0 Å². The van der Waals surface area contributed by atoms with Gasteiger partial charge in [0.1, 0.15) is 12.4 Å². The predicted octanol–water partition coefficient (Wildman–Crippen LogP) is 4.98. The fraction of sp³-hybridized carbons (Fsp3) is 0.571. The van der Waals surface area contributed by atoms with E-state index >= 15 is 0 Å². The summed E-state index contributed by atoms with van der Waals surface area (Å²) in [5.74, 6) is 0.942. The maximum atomic E-state index is 11.1. The average molecular weight is 437 g/mol. The molecular formula is C28H40N2O2. The van der Waals surface area contributed by atoms with Gasteiger partial charge in [0.2, 0.25) is 0 Å². The maximum absolute atomic E-state index is 11.1. The van der Waals surface area contributed by atoms with Crippen LogP contribution < -0.4 is 4.74 Å². The quantitative estimate of drug-likeness (QED) is 0.664. The molecule has 4 nitrogen and oxygen atoms in total. The van der Waals surface area contributed by atoms with Crippen LogP contribution in [-0.2, 0) is 18.6 Å². The van der Waals surface area contributed by atoms with Crippen LogP contribution in [0.5, 0.6) is 5.75 Å². The van der Waals surface area contributed by atoms with Gasteiger partial charge in [-0.2, -0.15) is 0 Å². The lowest BCUT2D eigenvalue weighted by Crippen LogP contribution is -2.46. The van der Waals surface area contributed by atoms with E-state index < -0.39 is 0 Å². The van der Waals surface area contributed by atoms with Crippen LogP contribution in [0.15, 0.2) is 48.5 Å². The van der Waals surface area contributed by atoms with E-state index in [9.17, 15) is 5.11 Å². The molecule has 2 aromatic carbocycles. The second-order valence-electron chi connectivity index (χ2n) is 10.7. The van der Waals surface area contributed by atoms with E-state index in [1.165, 1.54) is 29.5 Å². The van der Waals surface area contributed by atoms with Crippen molar-refractivity contribution in [2.24, 2.45) is 0 Å². The number of hydrogen-bond acceptors (Lipinski definition) is 4. The zero-order chi connectivity index (χ0) is 22.7. The molecule has 0 spiro atoms. The summed E-state index contributed by atoms with van der Waals surface area (Å²) >= 11 is 0. The number of aliphatic hydroxyl groups is 1. The molecule has 0 bridgehead atoms. The van der Waals surface area contributed by atoms with Gasteiger partial charge in [-0.15, -0.1) is 0 Å². The zero-order valence-electron chi connectivity index (χ0n) is 20.3. The fourth-order valence-electron chi connectivity index (χ4n) is 5.32. The zero-order valence-corrected chi connectivity index (χ0v) is 20.3. The van der Waals surface area contributed by atoms with Crippen LogP contribution in [0, 0.1) is 0 Å². The van der Waals surface area contributed by atoms with Crippen molar-refractivity contribution in [3.05, 3.63) is 65.2 Å². The molecule has 2 aromatic rings. The molecule has 1 saturated heterocycles. The van der Waals surface area contributed by atoms with Gasteiger partial charge in [0, 0.05) is 24.2 Å². The Kier molecular flexibility index (Phi) is 7.24. The van der Waals surface area contributed by atoms with Crippen LogP contribution in [0.2, 0.25) is 0 Å². The van der Waals surface area contributed by atoms with Gasteiger partial charge in [-0.05, 0) is 68.4 Å². The molecule has 0 unspecified atom stereocenters. The Bertz CT molecular complexity index is 871. The Labute approximate surface area is 194 Å². The second-order valence-corrected chi connectivity index (χ2v) is 10.7. The van der Waals surface area contributed by atoms with Gasteiger partial charge >= 0.3 is 0 Å². The van der Waals surface area contributed by atoms with Crippen LogP contribution in [0.25, 0.3) is 0 Å². The minimum absolute atomic E-state index is 0.0823. The monoisotopic (exact) mass is 436 g/mol. The number of aliphatic hydroxyl groups excluding tert-OH is 1. The van der Waals surface area contributed by atoms with E-state index in [1.807, 2.05) is 18.2 Å². The first-order valence-corrected chi connectivity index (χ1v) is 12.3. The molecule has 4 rings (SSSR count). The molecule has 0 amide bonds. The van der Waals surface area contributed by atoms with Crippen molar-refractivity contribution < 1.29 is 9.84 Å². The smallest absolute Gasteiger partial charge is 0.124 e. The van der Waals surface area contributed by atoms with Crippen molar-refractivity contribution in [3.63, 3.8) is 0 Å². The Hall–Kier alpha value is -1.88. The van der Waals surface area contributed by atoms with E-state index in [0.29, 0.717) is 12.6 Å². The number of likely N-dealkylation sites (tertiary alicyclic amines) is 1. The highest BCUT2D eigenvalue weighted by Crippen LogP contribution is 2.33. The van der Waals surface area contributed by atoms with E-state index in [0.717, 1.165) is 38.2 Å². The molecule has 1 saturated carbocycles. The van der Waals surface area contributed by atoms with Crippen molar-refractivity contribution in [2.45, 2.75) is 83.2 Å². The van der Waals surface area contributed by atoms with E-state index in [-0.39, 0.29) is 17.6 Å². The minimum atomic E-state index is -0.280. The summed E-state index contributed by atoms with van der Waals surface area (Å²) < 4.78 is 6.29. The van der Waals surface area contributed by atoms with Gasteiger partial charge in [-0.1, -0.05) is 63.2 Å². The van der Waals surface area contributed by atoms with Crippen molar-refractivity contribution in [1.29, 1.82) is 0 Å². The molecule has 1 aliphatic carbocycles. The Morgan fingerprint density at radius 3 is 2.44 bits per heavy atom. The molecule has 1 N–H and O–H groups in total. The van der Waals surface area contributed by atoms with E-state index in [4.69, 9.17) is 4.74 Å². The Morgan fingerprint density at radius 1 is 1.03 bits per heavy atom. The third-order valence-electron chi connectivity index (χ3n) is 7.31. The Balaban J connectivity index is 1.49. The fourth-order valence-corrected chi connectivity index (χ4v) is 5.32. The molecule has 4 heteroatoms. The van der Waals surface area contributed by atoms with Gasteiger partial charge in [0.05, 0.1) is 6.10 Å². The third kappa shape index (κ3) is 5.36. The molecule has 1 heterocycles. The Morgan fingerprint density at radius 2 is 1.75 bits per heavy atom. The molecule has 3 atom stereocenters. The molecule has 2 aliphatic rings. The maximum Gasteiger partial charge on any atom is 0.124 e. The first-order chi connectivity index (χ1) is 15.3. The van der Waals surface area contributed by atoms with Crippen LogP contribution in [0.4, 0.5) is 0 Å². The number of rotatable bonds is 7. The molecule has 2 fully saturated rings. The third-order valence-corrected chi connectivity index (χ3v) is 7.31.